The predicted octanol–water partition coefficient (Wildman–Crippen LogP) is 4.14. The summed E-state index contributed by atoms with van der Waals surface area (Å²) in [6.45, 7) is 2.59. The van der Waals surface area contributed by atoms with E-state index < -0.39 is 24.6 Å². The summed E-state index contributed by atoms with van der Waals surface area (Å²) < 4.78 is 18.5. The number of rotatable bonds is 5. The number of ether oxygens (including phenoxy) is 3. The van der Waals surface area contributed by atoms with E-state index in [1.54, 1.807) is 18.2 Å². The Morgan fingerprint density at radius 3 is 2.59 bits per heavy atom. The number of anilines is 1. The van der Waals surface area contributed by atoms with E-state index in [2.05, 4.69) is 28.9 Å². The van der Waals surface area contributed by atoms with Gasteiger partial charge in [0.05, 0.1) is 0 Å². The maximum atomic E-state index is 12.4. The highest BCUT2D eigenvalue weighted by Gasteiger charge is 2.29. The average Bonchev–Trinajstić information content (AvgIpc) is 3.15. The van der Waals surface area contributed by atoms with E-state index in [4.69, 9.17) is 14.2 Å². The molecule has 7 nitrogen and oxygen atoms in total. The summed E-state index contributed by atoms with van der Waals surface area (Å²) in [4.78, 5) is 24.7. The average molecular weight is 430 g/mol. The van der Waals surface area contributed by atoms with Crippen molar-refractivity contribution in [1.29, 1.82) is 0 Å². The van der Waals surface area contributed by atoms with Gasteiger partial charge in [-0.3, -0.25) is 4.79 Å². The van der Waals surface area contributed by atoms with E-state index >= 15 is 0 Å². The lowest BCUT2D eigenvalue weighted by atomic mass is 10.1. The molecule has 1 N–H and O–H groups in total. The molecule has 162 valence electrons. The zero-order valence-corrected chi connectivity index (χ0v) is 17.5. The standard InChI is InChI=1S/C25H22N2O5/c1-2-27-19-8-4-3-7-17(19)18-13-16(11-12-20(18)27)26-24(28)15-31-25(29)23-14-30-21-9-5-6-10-22(21)32-23/h3-13,23H,2,14-15H2,1H3,(H,26,28). The van der Waals surface area contributed by atoms with Crippen molar-refractivity contribution in [2.24, 2.45) is 0 Å². The summed E-state index contributed by atoms with van der Waals surface area (Å²) in [6, 6.07) is 21.1. The Morgan fingerprint density at radius 2 is 1.75 bits per heavy atom. The minimum Gasteiger partial charge on any atom is -0.485 e. The molecule has 0 bridgehead atoms. The number of aromatic nitrogens is 1. The van der Waals surface area contributed by atoms with Crippen molar-refractivity contribution in [2.75, 3.05) is 18.5 Å². The first-order valence-corrected chi connectivity index (χ1v) is 10.5. The highest BCUT2D eigenvalue weighted by atomic mass is 16.6. The zero-order chi connectivity index (χ0) is 22.1. The third kappa shape index (κ3) is 3.62. The molecule has 0 fully saturated rings. The van der Waals surface area contributed by atoms with Crippen molar-refractivity contribution in [3.63, 3.8) is 0 Å². The number of fused-ring (bicyclic) bond motifs is 4. The lowest BCUT2D eigenvalue weighted by Crippen LogP contribution is -2.39. The van der Waals surface area contributed by atoms with E-state index in [9.17, 15) is 9.59 Å². The molecule has 1 amide bonds. The number of esters is 1. The first-order chi connectivity index (χ1) is 15.6. The van der Waals surface area contributed by atoms with Crippen LogP contribution >= 0.6 is 0 Å². The van der Waals surface area contributed by atoms with Crippen LogP contribution in [0.5, 0.6) is 11.5 Å². The molecular weight excluding hydrogens is 408 g/mol. The SMILES string of the molecule is CCn1c2ccccc2c2cc(NC(=O)COC(=O)C3COc4ccccc4O3)ccc21. The second-order valence-electron chi connectivity index (χ2n) is 7.51. The van der Waals surface area contributed by atoms with E-state index in [0.717, 1.165) is 28.4 Å². The van der Waals surface area contributed by atoms with Gasteiger partial charge in [0.2, 0.25) is 6.10 Å². The number of carbonyl (C=O) groups excluding carboxylic acids is 2. The third-order valence-electron chi connectivity index (χ3n) is 5.49. The molecule has 1 aliphatic rings. The smallest absolute Gasteiger partial charge is 0.351 e. The largest absolute Gasteiger partial charge is 0.485 e. The van der Waals surface area contributed by atoms with E-state index in [-0.39, 0.29) is 6.61 Å². The number of nitrogens with zero attached hydrogens (tertiary/aromatic N) is 1. The summed E-state index contributed by atoms with van der Waals surface area (Å²) in [5.74, 6) is -0.0102. The van der Waals surface area contributed by atoms with Gasteiger partial charge in [-0.1, -0.05) is 30.3 Å². The van der Waals surface area contributed by atoms with Crippen LogP contribution in [0.2, 0.25) is 0 Å². The van der Waals surface area contributed by atoms with Crippen molar-refractivity contribution in [1.82, 2.24) is 4.57 Å². The number of nitrogens with one attached hydrogen (secondary N) is 1. The monoisotopic (exact) mass is 430 g/mol. The predicted molar refractivity (Wildman–Crippen MR) is 121 cm³/mol. The van der Waals surface area contributed by atoms with Crippen molar-refractivity contribution >= 4 is 39.4 Å². The van der Waals surface area contributed by atoms with Gasteiger partial charge in [-0.15, -0.1) is 0 Å². The van der Waals surface area contributed by atoms with Crippen molar-refractivity contribution in [2.45, 2.75) is 19.6 Å². The summed E-state index contributed by atoms with van der Waals surface area (Å²) in [7, 11) is 0. The molecule has 0 saturated carbocycles. The van der Waals surface area contributed by atoms with Crippen LogP contribution in [0.15, 0.2) is 66.7 Å². The highest BCUT2D eigenvalue weighted by molar-refractivity contribution is 6.09. The lowest BCUT2D eigenvalue weighted by Gasteiger charge is -2.24. The number of aryl methyl sites for hydroxylation is 1. The molecule has 0 radical (unpaired) electrons. The van der Waals surface area contributed by atoms with Gasteiger partial charge >= 0.3 is 5.97 Å². The Labute approximate surface area is 184 Å². The fourth-order valence-corrected chi connectivity index (χ4v) is 4.03. The van der Waals surface area contributed by atoms with Gasteiger partial charge in [-0.25, -0.2) is 4.79 Å². The van der Waals surface area contributed by atoms with Gasteiger partial charge < -0.3 is 24.1 Å². The Bertz CT molecular complexity index is 1330. The minimum absolute atomic E-state index is 0.0373. The maximum Gasteiger partial charge on any atom is 0.351 e. The fraction of sp³-hybridized carbons (Fsp3) is 0.200. The van der Waals surface area contributed by atoms with Crippen LogP contribution in [0.4, 0.5) is 5.69 Å². The third-order valence-corrected chi connectivity index (χ3v) is 5.49. The molecule has 32 heavy (non-hydrogen) atoms. The first-order valence-electron chi connectivity index (χ1n) is 10.5. The van der Waals surface area contributed by atoms with Crippen LogP contribution < -0.4 is 14.8 Å². The number of para-hydroxylation sites is 3. The second-order valence-corrected chi connectivity index (χ2v) is 7.51. The van der Waals surface area contributed by atoms with E-state index in [1.165, 1.54) is 0 Å². The fourth-order valence-electron chi connectivity index (χ4n) is 4.03. The van der Waals surface area contributed by atoms with Crippen LogP contribution in [0.3, 0.4) is 0 Å². The molecule has 0 spiro atoms. The first kappa shape index (κ1) is 19.9. The van der Waals surface area contributed by atoms with Gasteiger partial charge in [0.1, 0.15) is 6.61 Å². The molecule has 2 heterocycles. The molecule has 5 rings (SSSR count). The van der Waals surface area contributed by atoms with E-state index in [1.807, 2.05) is 36.4 Å². The summed E-state index contributed by atoms with van der Waals surface area (Å²) in [5, 5.41) is 4.99. The molecule has 4 aromatic rings. The zero-order valence-electron chi connectivity index (χ0n) is 17.5. The lowest BCUT2D eigenvalue weighted by molar-refractivity contribution is -0.156. The molecule has 1 unspecified atom stereocenters. The number of benzene rings is 3. The topological polar surface area (TPSA) is 78.8 Å². The minimum atomic E-state index is -0.908. The van der Waals surface area contributed by atoms with Gasteiger partial charge in [0.25, 0.3) is 5.91 Å². The number of hydrogen-bond acceptors (Lipinski definition) is 5. The van der Waals surface area contributed by atoms with Crippen LogP contribution in [-0.4, -0.2) is 35.8 Å². The van der Waals surface area contributed by atoms with Crippen LogP contribution in [0.1, 0.15) is 6.92 Å². The number of carbonyl (C=O) groups is 2. The molecule has 7 heteroatoms. The number of hydrogen-bond donors (Lipinski definition) is 1. The Hall–Kier alpha value is -4.00. The van der Waals surface area contributed by atoms with Crippen molar-refractivity contribution in [3.05, 3.63) is 66.7 Å². The van der Waals surface area contributed by atoms with Gasteiger partial charge in [0.15, 0.2) is 18.1 Å². The molecule has 3 aromatic carbocycles. The Kier molecular flexibility index (Phi) is 5.15. The van der Waals surface area contributed by atoms with Crippen LogP contribution in [0.25, 0.3) is 21.8 Å². The van der Waals surface area contributed by atoms with Crippen LogP contribution in [0, 0.1) is 0 Å². The Balaban J connectivity index is 1.24. The Morgan fingerprint density at radius 1 is 1.00 bits per heavy atom. The normalized spacial score (nSPS) is 15.0. The van der Waals surface area contributed by atoms with Crippen molar-refractivity contribution in [3.8, 4) is 11.5 Å². The highest BCUT2D eigenvalue weighted by Crippen LogP contribution is 2.32. The summed E-state index contributed by atoms with van der Waals surface area (Å²) >= 11 is 0. The molecule has 0 aliphatic carbocycles. The molecule has 0 saturated heterocycles. The van der Waals surface area contributed by atoms with E-state index in [0.29, 0.717) is 17.2 Å². The summed E-state index contributed by atoms with van der Waals surface area (Å²) in [6.07, 6.45) is -0.908. The van der Waals surface area contributed by atoms with Gasteiger partial charge in [0, 0.05) is 34.0 Å². The summed E-state index contributed by atoms with van der Waals surface area (Å²) in [5.41, 5.74) is 2.90. The molecule has 1 atom stereocenters. The van der Waals surface area contributed by atoms with Crippen LogP contribution in [-0.2, 0) is 20.9 Å². The molecule has 1 aromatic heterocycles. The molecule has 1 aliphatic heterocycles. The van der Waals surface area contributed by atoms with Crippen molar-refractivity contribution < 1.29 is 23.8 Å². The molecular formula is C25H22N2O5. The second kappa shape index (κ2) is 8.26. The van der Waals surface area contributed by atoms with Gasteiger partial charge in [-0.2, -0.15) is 0 Å². The quantitative estimate of drug-likeness (QED) is 0.482. The van der Waals surface area contributed by atoms with Gasteiger partial charge in [-0.05, 0) is 43.3 Å². The maximum absolute atomic E-state index is 12.4. The number of amides is 1.